The predicted octanol–water partition coefficient (Wildman–Crippen LogP) is 4.29. The minimum atomic E-state index is -3.94. The molecule has 154 valence electrons. The first kappa shape index (κ1) is 19.8. The van der Waals surface area contributed by atoms with Crippen LogP contribution in [0.4, 0.5) is 8.78 Å². The van der Waals surface area contributed by atoms with E-state index in [0.717, 1.165) is 37.5 Å². The average Bonchev–Trinajstić information content (AvgIpc) is 3.08. The molecule has 0 saturated carbocycles. The highest BCUT2D eigenvalue weighted by atomic mass is 32.2. The normalized spacial score (nSPS) is 15.7. The summed E-state index contributed by atoms with van der Waals surface area (Å²) in [5, 5.41) is 0.833. The highest BCUT2D eigenvalue weighted by molar-refractivity contribution is 7.90. The maximum Gasteiger partial charge on any atom is 0.387 e. The molecule has 1 aliphatic heterocycles. The van der Waals surface area contributed by atoms with Crippen LogP contribution in [0.1, 0.15) is 24.8 Å². The Bertz CT molecular complexity index is 1120. The SMILES string of the molecule is CCCN1CC(c2ccc3c(ccn3S(=O)(=O)c3cccc(OC(F)F)c3)c2)C1. The molecule has 1 saturated heterocycles. The maximum absolute atomic E-state index is 13.1. The van der Waals surface area contributed by atoms with E-state index in [1.165, 1.54) is 33.9 Å². The third-order valence-electron chi connectivity index (χ3n) is 5.23. The van der Waals surface area contributed by atoms with Gasteiger partial charge in [0.2, 0.25) is 0 Å². The second-order valence-corrected chi connectivity index (χ2v) is 9.06. The first-order chi connectivity index (χ1) is 13.9. The Kier molecular flexibility index (Phi) is 5.31. The third-order valence-corrected chi connectivity index (χ3v) is 6.92. The molecule has 29 heavy (non-hydrogen) atoms. The van der Waals surface area contributed by atoms with Crippen molar-refractivity contribution < 1.29 is 21.9 Å². The van der Waals surface area contributed by atoms with Crippen molar-refractivity contribution in [1.82, 2.24) is 8.87 Å². The largest absolute Gasteiger partial charge is 0.435 e. The summed E-state index contributed by atoms with van der Waals surface area (Å²) in [6.45, 7) is 2.29. The maximum atomic E-state index is 13.1. The van der Waals surface area contributed by atoms with Crippen LogP contribution < -0.4 is 4.74 Å². The molecular weight excluding hydrogens is 398 g/mol. The van der Waals surface area contributed by atoms with Gasteiger partial charge in [0.25, 0.3) is 10.0 Å². The van der Waals surface area contributed by atoms with Crippen molar-refractivity contribution >= 4 is 20.9 Å². The van der Waals surface area contributed by atoms with Crippen LogP contribution in [0.25, 0.3) is 10.9 Å². The van der Waals surface area contributed by atoms with Gasteiger partial charge >= 0.3 is 6.61 Å². The predicted molar refractivity (Wildman–Crippen MR) is 107 cm³/mol. The number of ether oxygens (including phenoxy) is 1. The lowest BCUT2D eigenvalue weighted by atomic mass is 9.91. The van der Waals surface area contributed by atoms with Gasteiger partial charge in [-0.25, -0.2) is 12.4 Å². The molecule has 1 aliphatic rings. The van der Waals surface area contributed by atoms with Gasteiger partial charge in [0.15, 0.2) is 0 Å². The van der Waals surface area contributed by atoms with Crippen LogP contribution in [-0.4, -0.2) is 43.5 Å². The summed E-state index contributed by atoms with van der Waals surface area (Å²) in [4.78, 5) is 2.30. The molecule has 0 radical (unpaired) electrons. The number of aromatic nitrogens is 1. The Morgan fingerprint density at radius 1 is 1.14 bits per heavy atom. The summed E-state index contributed by atoms with van der Waals surface area (Å²) in [6.07, 6.45) is 2.63. The monoisotopic (exact) mass is 420 g/mol. The average molecular weight is 420 g/mol. The summed E-state index contributed by atoms with van der Waals surface area (Å²) in [5.41, 5.74) is 1.76. The highest BCUT2D eigenvalue weighted by Crippen LogP contribution is 2.31. The Morgan fingerprint density at radius 3 is 2.66 bits per heavy atom. The molecule has 1 fully saturated rings. The third kappa shape index (κ3) is 3.86. The van der Waals surface area contributed by atoms with E-state index in [1.807, 2.05) is 18.2 Å². The number of likely N-dealkylation sites (tertiary alicyclic amines) is 1. The molecule has 3 aromatic rings. The Labute approximate surface area is 168 Å². The number of fused-ring (bicyclic) bond motifs is 1. The highest BCUT2D eigenvalue weighted by Gasteiger charge is 2.28. The van der Waals surface area contributed by atoms with Crippen molar-refractivity contribution in [3.63, 3.8) is 0 Å². The molecule has 0 aliphatic carbocycles. The fourth-order valence-corrected chi connectivity index (χ4v) is 5.19. The van der Waals surface area contributed by atoms with Crippen LogP contribution in [0.15, 0.2) is 59.6 Å². The van der Waals surface area contributed by atoms with Gasteiger partial charge in [0.05, 0.1) is 10.4 Å². The van der Waals surface area contributed by atoms with Gasteiger partial charge in [-0.1, -0.05) is 19.1 Å². The quantitative estimate of drug-likeness (QED) is 0.572. The van der Waals surface area contributed by atoms with E-state index in [2.05, 4.69) is 16.6 Å². The van der Waals surface area contributed by atoms with Crippen molar-refractivity contribution in [2.75, 3.05) is 19.6 Å². The Hall–Kier alpha value is -2.45. The summed E-state index contributed by atoms with van der Waals surface area (Å²) >= 11 is 0. The number of alkyl halides is 2. The molecule has 1 aromatic heterocycles. The van der Waals surface area contributed by atoms with Gasteiger partial charge in [-0.3, -0.25) is 0 Å². The Balaban J connectivity index is 1.62. The summed E-state index contributed by atoms with van der Waals surface area (Å²) in [7, 11) is -3.94. The van der Waals surface area contributed by atoms with E-state index < -0.39 is 16.6 Å². The molecule has 0 unspecified atom stereocenters. The zero-order valence-corrected chi connectivity index (χ0v) is 16.8. The number of benzene rings is 2. The summed E-state index contributed by atoms with van der Waals surface area (Å²) in [5.74, 6) is 0.274. The van der Waals surface area contributed by atoms with E-state index in [0.29, 0.717) is 11.4 Å². The first-order valence-corrected chi connectivity index (χ1v) is 11.0. The molecule has 0 N–H and O–H groups in total. The van der Waals surface area contributed by atoms with Crippen molar-refractivity contribution in [2.24, 2.45) is 0 Å². The van der Waals surface area contributed by atoms with Crippen LogP contribution in [0.3, 0.4) is 0 Å². The zero-order valence-electron chi connectivity index (χ0n) is 16.0. The van der Waals surface area contributed by atoms with Gasteiger partial charge in [-0.2, -0.15) is 8.78 Å². The minimum Gasteiger partial charge on any atom is -0.435 e. The number of nitrogens with zero attached hydrogens (tertiary/aromatic N) is 2. The standard InChI is InChI=1S/C21H22F2N2O3S/c1-2-9-24-13-17(14-24)15-6-7-20-16(11-15)8-10-25(20)29(26,27)19-5-3-4-18(12-19)28-21(22)23/h3-8,10-12,17,21H,2,9,13-14H2,1H3. The van der Waals surface area contributed by atoms with Crippen LogP contribution in [0.2, 0.25) is 0 Å². The van der Waals surface area contributed by atoms with Crippen molar-refractivity contribution in [3.05, 3.63) is 60.3 Å². The fourth-order valence-electron chi connectivity index (χ4n) is 3.80. The second-order valence-electron chi connectivity index (χ2n) is 7.24. The lowest BCUT2D eigenvalue weighted by molar-refractivity contribution is -0.0499. The van der Waals surface area contributed by atoms with Gasteiger partial charge in [-0.15, -0.1) is 0 Å². The number of hydrogen-bond acceptors (Lipinski definition) is 4. The van der Waals surface area contributed by atoms with Crippen LogP contribution in [0.5, 0.6) is 5.75 Å². The molecule has 2 aromatic carbocycles. The molecule has 2 heterocycles. The molecule has 0 bridgehead atoms. The minimum absolute atomic E-state index is 0.105. The van der Waals surface area contributed by atoms with Crippen LogP contribution in [0, 0.1) is 0 Å². The van der Waals surface area contributed by atoms with Gasteiger partial charge < -0.3 is 9.64 Å². The summed E-state index contributed by atoms with van der Waals surface area (Å²) in [6, 6.07) is 12.7. The van der Waals surface area contributed by atoms with Crippen LogP contribution >= 0.6 is 0 Å². The molecule has 0 spiro atoms. The van der Waals surface area contributed by atoms with Crippen LogP contribution in [-0.2, 0) is 10.0 Å². The fraction of sp³-hybridized carbons (Fsp3) is 0.333. The van der Waals surface area contributed by atoms with E-state index >= 15 is 0 Å². The van der Waals surface area contributed by atoms with Crippen molar-refractivity contribution in [2.45, 2.75) is 30.8 Å². The molecule has 4 rings (SSSR count). The van der Waals surface area contributed by atoms with Crippen molar-refractivity contribution in [3.8, 4) is 5.75 Å². The van der Waals surface area contributed by atoms with Crippen molar-refractivity contribution in [1.29, 1.82) is 0 Å². The second kappa shape index (κ2) is 7.76. The van der Waals surface area contributed by atoms with Gasteiger partial charge in [-0.05, 0) is 48.9 Å². The molecular formula is C21H22F2N2O3S. The molecule has 8 heteroatoms. The van der Waals surface area contributed by atoms with Gasteiger partial charge in [0, 0.05) is 36.7 Å². The number of hydrogen-bond donors (Lipinski definition) is 0. The molecule has 0 amide bonds. The topological polar surface area (TPSA) is 51.5 Å². The molecule has 5 nitrogen and oxygen atoms in total. The molecule has 0 atom stereocenters. The van der Waals surface area contributed by atoms with Gasteiger partial charge in [0.1, 0.15) is 5.75 Å². The first-order valence-electron chi connectivity index (χ1n) is 9.52. The number of rotatable bonds is 7. The lowest BCUT2D eigenvalue weighted by Crippen LogP contribution is -2.45. The van der Waals surface area contributed by atoms with E-state index in [9.17, 15) is 17.2 Å². The van der Waals surface area contributed by atoms with E-state index in [-0.39, 0.29) is 10.6 Å². The Morgan fingerprint density at radius 2 is 1.93 bits per heavy atom. The lowest BCUT2D eigenvalue weighted by Gasteiger charge is -2.39. The van der Waals surface area contributed by atoms with E-state index in [4.69, 9.17) is 0 Å². The number of halogens is 2. The summed E-state index contributed by atoms with van der Waals surface area (Å²) < 4.78 is 56.5. The zero-order chi connectivity index (χ0) is 20.6. The smallest absolute Gasteiger partial charge is 0.387 e. The van der Waals surface area contributed by atoms with E-state index in [1.54, 1.807) is 6.07 Å².